The lowest BCUT2D eigenvalue weighted by Crippen LogP contribution is -2.33. The molecular weight excluding hydrogens is 276 g/mol. The molecule has 1 fully saturated rings. The van der Waals surface area contributed by atoms with Crippen molar-refractivity contribution in [2.24, 2.45) is 11.3 Å². The second-order valence-electron chi connectivity index (χ2n) is 5.79. The number of halogens is 2. The van der Waals surface area contributed by atoms with E-state index in [1.165, 1.54) is 6.07 Å². The Morgan fingerprint density at radius 1 is 1.43 bits per heavy atom. The van der Waals surface area contributed by atoms with E-state index < -0.39 is 18.1 Å². The van der Waals surface area contributed by atoms with Crippen molar-refractivity contribution in [2.75, 3.05) is 0 Å². The first-order valence-electron chi connectivity index (χ1n) is 7.11. The number of hydrogen-bond acceptors (Lipinski definition) is 3. The van der Waals surface area contributed by atoms with Gasteiger partial charge in [-0.3, -0.25) is 0 Å². The summed E-state index contributed by atoms with van der Waals surface area (Å²) in [6.45, 7) is -0.916. The van der Waals surface area contributed by atoms with E-state index in [0.717, 1.165) is 12.8 Å². The average molecular weight is 295 g/mol. The third-order valence-electron chi connectivity index (χ3n) is 4.21. The van der Waals surface area contributed by atoms with Crippen molar-refractivity contribution < 1.29 is 18.6 Å². The summed E-state index contributed by atoms with van der Waals surface area (Å²) in [5.41, 5.74) is -0.673. The van der Waals surface area contributed by atoms with Gasteiger partial charge in [-0.2, -0.15) is 14.0 Å². The molecule has 1 aromatic rings. The van der Waals surface area contributed by atoms with Crippen LogP contribution in [0.2, 0.25) is 0 Å². The number of aliphatic hydroxyl groups excluding tert-OH is 1. The lowest BCUT2D eigenvalue weighted by molar-refractivity contribution is -0.0540. The molecule has 0 radical (unpaired) electrons. The molecule has 21 heavy (non-hydrogen) atoms. The summed E-state index contributed by atoms with van der Waals surface area (Å²) >= 11 is 0. The lowest BCUT2D eigenvalue weighted by atomic mass is 9.66. The van der Waals surface area contributed by atoms with Gasteiger partial charge in [-0.05, 0) is 24.8 Å². The molecule has 2 rings (SSSR count). The minimum absolute atomic E-state index is 0.0622. The first-order valence-corrected chi connectivity index (χ1v) is 7.11. The summed E-state index contributed by atoms with van der Waals surface area (Å²) < 4.78 is 29.4. The SMILES string of the molecule is CC1CCCC(C#N)(C(O)c2ccccc2OC(F)F)C1. The van der Waals surface area contributed by atoms with Crippen LogP contribution in [-0.4, -0.2) is 11.7 Å². The predicted molar refractivity (Wildman–Crippen MR) is 73.7 cm³/mol. The number of nitriles is 1. The Kier molecular flexibility index (Phi) is 4.79. The van der Waals surface area contributed by atoms with Crippen LogP contribution in [0.25, 0.3) is 0 Å². The first-order chi connectivity index (χ1) is 9.98. The Bertz CT molecular complexity index is 529. The van der Waals surface area contributed by atoms with Crippen LogP contribution in [0.4, 0.5) is 8.78 Å². The van der Waals surface area contributed by atoms with Crippen molar-refractivity contribution in [3.05, 3.63) is 29.8 Å². The number of benzene rings is 1. The molecule has 114 valence electrons. The molecule has 0 amide bonds. The van der Waals surface area contributed by atoms with Crippen molar-refractivity contribution in [1.82, 2.24) is 0 Å². The molecule has 3 unspecified atom stereocenters. The van der Waals surface area contributed by atoms with Crippen LogP contribution in [0.15, 0.2) is 24.3 Å². The normalized spacial score (nSPS) is 27.1. The fraction of sp³-hybridized carbons (Fsp3) is 0.562. The minimum atomic E-state index is -2.96. The molecule has 1 aliphatic carbocycles. The Hall–Kier alpha value is -1.67. The van der Waals surface area contributed by atoms with E-state index in [0.29, 0.717) is 18.8 Å². The van der Waals surface area contributed by atoms with Crippen molar-refractivity contribution in [3.63, 3.8) is 0 Å². The molecule has 0 spiro atoms. The summed E-state index contributed by atoms with van der Waals surface area (Å²) in [4.78, 5) is 0. The van der Waals surface area contributed by atoms with Crippen LogP contribution in [0.3, 0.4) is 0 Å². The van der Waals surface area contributed by atoms with E-state index in [9.17, 15) is 19.1 Å². The topological polar surface area (TPSA) is 53.2 Å². The highest BCUT2D eigenvalue weighted by molar-refractivity contribution is 5.37. The van der Waals surface area contributed by atoms with Crippen LogP contribution in [0, 0.1) is 22.7 Å². The molecular formula is C16H19F2NO2. The smallest absolute Gasteiger partial charge is 0.387 e. The highest BCUT2D eigenvalue weighted by Crippen LogP contribution is 2.49. The Labute approximate surface area is 123 Å². The molecule has 3 nitrogen and oxygen atoms in total. The zero-order valence-electron chi connectivity index (χ0n) is 11.9. The molecule has 1 aliphatic rings. The number of para-hydroxylation sites is 1. The van der Waals surface area contributed by atoms with Crippen LogP contribution in [-0.2, 0) is 0 Å². The van der Waals surface area contributed by atoms with E-state index in [1.807, 2.05) is 6.92 Å². The van der Waals surface area contributed by atoms with Gasteiger partial charge in [0, 0.05) is 5.56 Å². The van der Waals surface area contributed by atoms with Gasteiger partial charge >= 0.3 is 6.61 Å². The van der Waals surface area contributed by atoms with E-state index >= 15 is 0 Å². The predicted octanol–water partition coefficient (Wildman–Crippen LogP) is 4.04. The summed E-state index contributed by atoms with van der Waals surface area (Å²) in [7, 11) is 0. The van der Waals surface area contributed by atoms with E-state index in [-0.39, 0.29) is 11.3 Å². The summed E-state index contributed by atoms with van der Waals surface area (Å²) in [6.07, 6.45) is 1.88. The highest BCUT2D eigenvalue weighted by atomic mass is 19.3. The maximum absolute atomic E-state index is 12.5. The third-order valence-corrected chi connectivity index (χ3v) is 4.21. The quantitative estimate of drug-likeness (QED) is 0.912. The summed E-state index contributed by atoms with van der Waals surface area (Å²) in [6, 6.07) is 8.38. The number of ether oxygens (including phenoxy) is 1. The van der Waals surface area contributed by atoms with Crippen molar-refractivity contribution in [1.29, 1.82) is 5.26 Å². The van der Waals surface area contributed by atoms with Crippen molar-refractivity contribution in [2.45, 2.75) is 45.3 Å². The Morgan fingerprint density at radius 2 is 2.14 bits per heavy atom. The van der Waals surface area contributed by atoms with Gasteiger partial charge in [0.1, 0.15) is 11.9 Å². The number of rotatable bonds is 4. The summed E-state index contributed by atoms with van der Waals surface area (Å²) in [5, 5.41) is 20.2. The fourth-order valence-corrected chi connectivity index (χ4v) is 3.21. The molecule has 0 aliphatic heterocycles. The highest BCUT2D eigenvalue weighted by Gasteiger charge is 2.43. The Morgan fingerprint density at radius 3 is 2.76 bits per heavy atom. The fourth-order valence-electron chi connectivity index (χ4n) is 3.21. The van der Waals surface area contributed by atoms with Crippen molar-refractivity contribution in [3.8, 4) is 11.8 Å². The monoisotopic (exact) mass is 295 g/mol. The molecule has 0 bridgehead atoms. The second kappa shape index (κ2) is 6.40. The van der Waals surface area contributed by atoms with Crippen molar-refractivity contribution >= 4 is 0 Å². The lowest BCUT2D eigenvalue weighted by Gasteiger charge is -2.38. The van der Waals surface area contributed by atoms with Gasteiger partial charge in [0.15, 0.2) is 0 Å². The maximum atomic E-state index is 12.5. The zero-order valence-corrected chi connectivity index (χ0v) is 11.9. The Balaban J connectivity index is 2.34. The minimum Gasteiger partial charge on any atom is -0.434 e. The largest absolute Gasteiger partial charge is 0.434 e. The first kappa shape index (κ1) is 15.7. The molecule has 1 aromatic carbocycles. The zero-order chi connectivity index (χ0) is 15.5. The van der Waals surface area contributed by atoms with Crippen LogP contribution >= 0.6 is 0 Å². The average Bonchev–Trinajstić information content (AvgIpc) is 2.46. The van der Waals surface area contributed by atoms with Crippen LogP contribution in [0.1, 0.15) is 44.3 Å². The van der Waals surface area contributed by atoms with Gasteiger partial charge in [0.05, 0.1) is 11.5 Å². The number of aliphatic hydroxyl groups is 1. The molecule has 0 saturated heterocycles. The van der Waals surface area contributed by atoms with Gasteiger partial charge in [-0.15, -0.1) is 0 Å². The third kappa shape index (κ3) is 3.33. The standard InChI is InChI=1S/C16H19F2NO2/c1-11-5-4-8-16(9-11,10-19)14(20)12-6-2-3-7-13(12)21-15(17)18/h2-3,6-7,11,14-15,20H,4-5,8-9H2,1H3. The molecule has 1 N–H and O–H groups in total. The molecule has 0 aromatic heterocycles. The second-order valence-corrected chi connectivity index (χ2v) is 5.79. The number of nitrogens with zero attached hydrogens (tertiary/aromatic N) is 1. The van der Waals surface area contributed by atoms with Gasteiger partial charge in [-0.25, -0.2) is 0 Å². The van der Waals surface area contributed by atoms with Gasteiger partial charge < -0.3 is 9.84 Å². The number of hydrogen-bond donors (Lipinski definition) is 1. The van der Waals surface area contributed by atoms with E-state index in [2.05, 4.69) is 10.8 Å². The van der Waals surface area contributed by atoms with Gasteiger partial charge in [0.25, 0.3) is 0 Å². The molecule has 3 atom stereocenters. The van der Waals surface area contributed by atoms with Crippen LogP contribution in [0.5, 0.6) is 5.75 Å². The molecule has 5 heteroatoms. The van der Waals surface area contributed by atoms with E-state index in [1.54, 1.807) is 18.2 Å². The van der Waals surface area contributed by atoms with E-state index in [4.69, 9.17) is 0 Å². The summed E-state index contributed by atoms with van der Waals surface area (Å²) in [5.74, 6) is 0.268. The van der Waals surface area contributed by atoms with Crippen LogP contribution < -0.4 is 4.74 Å². The molecule has 0 heterocycles. The molecule has 1 saturated carbocycles. The van der Waals surface area contributed by atoms with Gasteiger partial charge in [-0.1, -0.05) is 38.0 Å². The van der Waals surface area contributed by atoms with Gasteiger partial charge in [0.2, 0.25) is 0 Å². The number of alkyl halides is 2. The maximum Gasteiger partial charge on any atom is 0.387 e.